The van der Waals surface area contributed by atoms with Gasteiger partial charge in [0.05, 0.1) is 0 Å². The summed E-state index contributed by atoms with van der Waals surface area (Å²) in [7, 11) is 0. The monoisotopic (exact) mass is 244 g/mol. The Morgan fingerprint density at radius 3 is 2.17 bits per heavy atom. The Hall–Kier alpha value is -1.24. The molecule has 2 aromatic rings. The smallest absolute Gasteiger partial charge is 0.134 e. The van der Waals surface area contributed by atoms with E-state index < -0.39 is 0 Å². The second-order valence-electron chi connectivity index (χ2n) is 6.79. The fraction of sp³-hybridized carbons (Fsp3) is 0.529. The zero-order chi connectivity index (χ0) is 13.6. The standard InChI is InChI=1S/C17H24O/c1-7-17(5,6)14-12-10-8-9-11-13(12)18-15(14)16(2,3)4/h8-11H,7H2,1-6H3. The van der Waals surface area contributed by atoms with Crippen molar-refractivity contribution in [3.63, 3.8) is 0 Å². The average molecular weight is 244 g/mol. The molecule has 0 N–H and O–H groups in total. The highest BCUT2D eigenvalue weighted by atomic mass is 16.3. The molecule has 0 bridgehead atoms. The summed E-state index contributed by atoms with van der Waals surface area (Å²) in [5, 5.41) is 1.27. The Balaban J connectivity index is 2.82. The van der Waals surface area contributed by atoms with E-state index in [1.54, 1.807) is 0 Å². The van der Waals surface area contributed by atoms with Gasteiger partial charge in [0, 0.05) is 16.4 Å². The van der Waals surface area contributed by atoms with Crippen molar-refractivity contribution in [2.45, 2.75) is 58.8 Å². The van der Waals surface area contributed by atoms with E-state index in [0.717, 1.165) is 17.8 Å². The van der Waals surface area contributed by atoms with Gasteiger partial charge in [-0.2, -0.15) is 0 Å². The molecule has 0 saturated carbocycles. The minimum absolute atomic E-state index is 0.0425. The summed E-state index contributed by atoms with van der Waals surface area (Å²) in [5.41, 5.74) is 2.59. The Bertz CT molecular complexity index is 552. The molecule has 1 aromatic carbocycles. The predicted octanol–water partition coefficient (Wildman–Crippen LogP) is 5.42. The average Bonchev–Trinajstić information content (AvgIpc) is 2.68. The molecule has 1 nitrogen and oxygen atoms in total. The van der Waals surface area contributed by atoms with Crippen LogP contribution in [-0.4, -0.2) is 0 Å². The Labute approximate surface area is 110 Å². The van der Waals surface area contributed by atoms with Crippen LogP contribution in [0, 0.1) is 0 Å². The van der Waals surface area contributed by atoms with Crippen LogP contribution in [0.2, 0.25) is 0 Å². The number of benzene rings is 1. The highest BCUT2D eigenvalue weighted by Gasteiger charge is 2.32. The number of hydrogen-bond acceptors (Lipinski definition) is 1. The zero-order valence-electron chi connectivity index (χ0n) is 12.4. The quantitative estimate of drug-likeness (QED) is 0.687. The van der Waals surface area contributed by atoms with Crippen LogP contribution in [0.4, 0.5) is 0 Å². The van der Waals surface area contributed by atoms with Crippen molar-refractivity contribution < 1.29 is 4.42 Å². The predicted molar refractivity (Wildman–Crippen MR) is 78.2 cm³/mol. The van der Waals surface area contributed by atoms with Crippen LogP contribution in [0.25, 0.3) is 11.0 Å². The lowest BCUT2D eigenvalue weighted by Gasteiger charge is -2.27. The van der Waals surface area contributed by atoms with Crippen LogP contribution in [0.15, 0.2) is 28.7 Å². The zero-order valence-corrected chi connectivity index (χ0v) is 12.4. The number of hydrogen-bond donors (Lipinski definition) is 0. The van der Waals surface area contributed by atoms with Gasteiger partial charge in [0.2, 0.25) is 0 Å². The van der Waals surface area contributed by atoms with E-state index in [4.69, 9.17) is 4.42 Å². The van der Waals surface area contributed by atoms with Crippen LogP contribution in [0.1, 0.15) is 59.3 Å². The third-order valence-electron chi connectivity index (χ3n) is 3.84. The molecule has 0 spiro atoms. The third kappa shape index (κ3) is 2.07. The minimum Gasteiger partial charge on any atom is -0.460 e. The minimum atomic E-state index is 0.0425. The highest BCUT2D eigenvalue weighted by Crippen LogP contribution is 2.42. The maximum Gasteiger partial charge on any atom is 0.134 e. The van der Waals surface area contributed by atoms with Gasteiger partial charge in [-0.05, 0) is 17.9 Å². The van der Waals surface area contributed by atoms with E-state index >= 15 is 0 Å². The second-order valence-corrected chi connectivity index (χ2v) is 6.79. The van der Waals surface area contributed by atoms with Gasteiger partial charge in [-0.3, -0.25) is 0 Å². The maximum absolute atomic E-state index is 6.15. The molecule has 0 unspecified atom stereocenters. The molecule has 0 aliphatic rings. The normalized spacial score (nSPS) is 13.2. The molecule has 2 rings (SSSR count). The molecular weight excluding hydrogens is 220 g/mol. The van der Waals surface area contributed by atoms with Gasteiger partial charge in [0.25, 0.3) is 0 Å². The summed E-state index contributed by atoms with van der Waals surface area (Å²) in [6.45, 7) is 13.5. The van der Waals surface area contributed by atoms with Crippen molar-refractivity contribution in [1.29, 1.82) is 0 Å². The molecule has 0 amide bonds. The molecule has 0 fully saturated rings. The first-order valence-corrected chi connectivity index (χ1v) is 6.80. The highest BCUT2D eigenvalue weighted by molar-refractivity contribution is 5.83. The summed E-state index contributed by atoms with van der Waals surface area (Å²) < 4.78 is 6.15. The number of rotatable bonds is 2. The SMILES string of the molecule is CCC(C)(C)c1c(C(C)(C)C)oc2ccccc12. The molecule has 0 radical (unpaired) electrons. The third-order valence-corrected chi connectivity index (χ3v) is 3.84. The number of furan rings is 1. The Morgan fingerprint density at radius 1 is 1.00 bits per heavy atom. The van der Waals surface area contributed by atoms with Crippen LogP contribution < -0.4 is 0 Å². The molecule has 0 atom stereocenters. The molecule has 1 heterocycles. The fourth-order valence-electron chi connectivity index (χ4n) is 2.42. The van der Waals surface area contributed by atoms with E-state index in [9.17, 15) is 0 Å². The van der Waals surface area contributed by atoms with Gasteiger partial charge >= 0.3 is 0 Å². The molecule has 0 saturated heterocycles. The summed E-state index contributed by atoms with van der Waals surface area (Å²) in [4.78, 5) is 0. The van der Waals surface area contributed by atoms with Crippen molar-refractivity contribution in [3.8, 4) is 0 Å². The van der Waals surface area contributed by atoms with Gasteiger partial charge in [0.1, 0.15) is 11.3 Å². The van der Waals surface area contributed by atoms with E-state index in [1.807, 2.05) is 6.07 Å². The number of para-hydroxylation sites is 1. The van der Waals surface area contributed by atoms with Crippen molar-refractivity contribution in [2.24, 2.45) is 0 Å². The van der Waals surface area contributed by atoms with Gasteiger partial charge in [-0.15, -0.1) is 0 Å². The van der Waals surface area contributed by atoms with E-state index in [-0.39, 0.29) is 10.8 Å². The van der Waals surface area contributed by atoms with Gasteiger partial charge in [-0.25, -0.2) is 0 Å². The summed E-state index contributed by atoms with van der Waals surface area (Å²) in [6, 6.07) is 8.39. The van der Waals surface area contributed by atoms with E-state index in [0.29, 0.717) is 0 Å². The lowest BCUT2D eigenvalue weighted by Crippen LogP contribution is -2.22. The van der Waals surface area contributed by atoms with Crippen molar-refractivity contribution in [1.82, 2.24) is 0 Å². The molecule has 0 aliphatic heterocycles. The van der Waals surface area contributed by atoms with Gasteiger partial charge in [0.15, 0.2) is 0 Å². The first kappa shape index (κ1) is 13.2. The van der Waals surface area contributed by atoms with Crippen LogP contribution in [0.3, 0.4) is 0 Å². The summed E-state index contributed by atoms with van der Waals surface area (Å²) in [6.07, 6.45) is 1.11. The van der Waals surface area contributed by atoms with Gasteiger partial charge in [-0.1, -0.05) is 59.7 Å². The lowest BCUT2D eigenvalue weighted by atomic mass is 9.76. The second kappa shape index (κ2) is 4.15. The molecule has 1 heteroatoms. The molecule has 1 aromatic heterocycles. The first-order chi connectivity index (χ1) is 8.27. The van der Waals surface area contributed by atoms with Crippen LogP contribution in [0.5, 0.6) is 0 Å². The van der Waals surface area contributed by atoms with E-state index in [2.05, 4.69) is 59.7 Å². The van der Waals surface area contributed by atoms with Crippen molar-refractivity contribution >= 4 is 11.0 Å². The largest absolute Gasteiger partial charge is 0.460 e. The number of fused-ring (bicyclic) bond motifs is 1. The molecular formula is C17H24O. The summed E-state index contributed by atoms with van der Waals surface area (Å²) in [5.74, 6) is 1.13. The fourth-order valence-corrected chi connectivity index (χ4v) is 2.42. The molecule has 98 valence electrons. The van der Waals surface area contributed by atoms with Crippen molar-refractivity contribution in [2.75, 3.05) is 0 Å². The topological polar surface area (TPSA) is 13.1 Å². The Morgan fingerprint density at radius 2 is 1.61 bits per heavy atom. The summed E-state index contributed by atoms with van der Waals surface area (Å²) >= 11 is 0. The van der Waals surface area contributed by atoms with Crippen molar-refractivity contribution in [3.05, 3.63) is 35.6 Å². The van der Waals surface area contributed by atoms with Crippen LogP contribution >= 0.6 is 0 Å². The first-order valence-electron chi connectivity index (χ1n) is 6.80. The lowest BCUT2D eigenvalue weighted by molar-refractivity contribution is 0.399. The Kier molecular flexibility index (Phi) is 3.04. The maximum atomic E-state index is 6.15. The molecule has 0 aliphatic carbocycles. The molecule has 18 heavy (non-hydrogen) atoms. The van der Waals surface area contributed by atoms with Gasteiger partial charge < -0.3 is 4.42 Å². The van der Waals surface area contributed by atoms with Crippen LogP contribution in [-0.2, 0) is 10.8 Å². The van der Waals surface area contributed by atoms with E-state index in [1.165, 1.54) is 10.9 Å².